The van der Waals surface area contributed by atoms with Crippen LogP contribution in [0.25, 0.3) is 22.6 Å². The molecule has 0 bridgehead atoms. The number of aromatic nitrogens is 5. The van der Waals surface area contributed by atoms with Crippen LogP contribution in [0.1, 0.15) is 35.9 Å². The summed E-state index contributed by atoms with van der Waals surface area (Å²) in [6, 6.07) is 5.73. The molecule has 134 valence electrons. The number of aryl methyl sites for hydroxylation is 1. The zero-order chi connectivity index (χ0) is 18.4. The zero-order valence-corrected chi connectivity index (χ0v) is 15.0. The molecule has 0 saturated carbocycles. The van der Waals surface area contributed by atoms with Crippen LogP contribution in [0.5, 0.6) is 0 Å². The molecule has 0 atom stereocenters. The molecule has 0 radical (unpaired) electrons. The molecule has 26 heavy (non-hydrogen) atoms. The van der Waals surface area contributed by atoms with Crippen molar-refractivity contribution in [3.8, 4) is 22.6 Å². The highest BCUT2D eigenvalue weighted by Gasteiger charge is 2.29. The number of rotatable bonds is 3. The number of nitrogens with zero attached hydrogens (tertiary/aromatic N) is 5. The van der Waals surface area contributed by atoms with Gasteiger partial charge in [-0.15, -0.1) is 0 Å². The number of pyridine rings is 1. The Balaban J connectivity index is 1.91. The van der Waals surface area contributed by atoms with E-state index in [-0.39, 0.29) is 11.9 Å². The first-order chi connectivity index (χ1) is 12.5. The van der Waals surface area contributed by atoms with Gasteiger partial charge in [0.05, 0.1) is 17.1 Å². The Labute approximate surface area is 151 Å². The number of amides is 1. The number of nitrogens with one attached hydrogen (secondary N) is 1. The van der Waals surface area contributed by atoms with Crippen LogP contribution in [0.15, 0.2) is 24.4 Å². The number of nitrogen functional groups attached to an aromatic ring is 1. The summed E-state index contributed by atoms with van der Waals surface area (Å²) in [5, 5.41) is 11.9. The predicted octanol–water partition coefficient (Wildman–Crippen LogP) is 1.89. The molecule has 4 rings (SSSR count). The summed E-state index contributed by atoms with van der Waals surface area (Å²) >= 11 is 0. The van der Waals surface area contributed by atoms with Crippen molar-refractivity contribution < 1.29 is 4.79 Å². The Morgan fingerprint density at radius 1 is 1.31 bits per heavy atom. The van der Waals surface area contributed by atoms with E-state index in [2.05, 4.69) is 29.2 Å². The minimum absolute atomic E-state index is 0.171. The first kappa shape index (κ1) is 16.3. The van der Waals surface area contributed by atoms with Crippen molar-refractivity contribution >= 4 is 11.7 Å². The van der Waals surface area contributed by atoms with Crippen LogP contribution in [0, 0.1) is 0 Å². The molecule has 0 aliphatic carbocycles. The zero-order valence-electron chi connectivity index (χ0n) is 15.0. The fourth-order valence-corrected chi connectivity index (χ4v) is 3.36. The maximum absolute atomic E-state index is 12.0. The summed E-state index contributed by atoms with van der Waals surface area (Å²) in [6.07, 6.45) is 2.55. The van der Waals surface area contributed by atoms with Gasteiger partial charge < -0.3 is 11.1 Å². The summed E-state index contributed by atoms with van der Waals surface area (Å²) < 4.78 is 3.89. The van der Waals surface area contributed by atoms with Crippen LogP contribution in [0.4, 0.5) is 5.82 Å². The minimum Gasteiger partial charge on any atom is -0.384 e. The van der Waals surface area contributed by atoms with Gasteiger partial charge in [0, 0.05) is 37.0 Å². The van der Waals surface area contributed by atoms with Gasteiger partial charge in [-0.2, -0.15) is 10.2 Å². The Bertz CT molecular complexity index is 982. The van der Waals surface area contributed by atoms with Crippen LogP contribution >= 0.6 is 0 Å². The van der Waals surface area contributed by atoms with Crippen molar-refractivity contribution in [3.05, 3.63) is 35.7 Å². The van der Waals surface area contributed by atoms with Gasteiger partial charge in [-0.1, -0.05) is 0 Å². The second-order valence-electron chi connectivity index (χ2n) is 6.65. The third-order valence-corrected chi connectivity index (χ3v) is 4.61. The number of anilines is 1. The number of hydrogen-bond acceptors (Lipinski definition) is 5. The molecule has 1 aliphatic heterocycles. The van der Waals surface area contributed by atoms with E-state index < -0.39 is 0 Å². The summed E-state index contributed by atoms with van der Waals surface area (Å²) in [5.74, 6) is 0.297. The van der Waals surface area contributed by atoms with E-state index in [1.165, 1.54) is 0 Å². The summed E-state index contributed by atoms with van der Waals surface area (Å²) in [6.45, 7) is 4.89. The second-order valence-corrected chi connectivity index (χ2v) is 6.65. The molecule has 8 nitrogen and oxygen atoms in total. The first-order valence-electron chi connectivity index (χ1n) is 8.63. The molecular weight excluding hydrogens is 330 g/mol. The highest BCUT2D eigenvalue weighted by molar-refractivity contribution is 5.93. The van der Waals surface area contributed by atoms with E-state index in [0.29, 0.717) is 18.1 Å². The van der Waals surface area contributed by atoms with Gasteiger partial charge in [-0.3, -0.25) is 14.2 Å². The number of carbonyl (C=O) groups is 1. The van der Waals surface area contributed by atoms with Gasteiger partial charge >= 0.3 is 0 Å². The molecule has 1 amide bonds. The van der Waals surface area contributed by atoms with E-state index in [1.54, 1.807) is 19.3 Å². The lowest BCUT2D eigenvalue weighted by molar-refractivity contribution is 0.0957. The first-order valence-corrected chi connectivity index (χ1v) is 8.63. The standard InChI is InChI=1S/C18H21N7O/c1-10(2)25-17-12(16(23-25)11-4-5-15(19)21-9-11)6-7-24-14(17)8-13(22-24)18(26)20-3/h4-5,8-10H,6-7H2,1-3H3,(H2,19,21)(H,20,26). The van der Waals surface area contributed by atoms with Crippen molar-refractivity contribution in [1.82, 2.24) is 29.9 Å². The molecule has 0 spiro atoms. The highest BCUT2D eigenvalue weighted by atomic mass is 16.1. The van der Waals surface area contributed by atoms with Crippen molar-refractivity contribution in [2.75, 3.05) is 12.8 Å². The maximum Gasteiger partial charge on any atom is 0.271 e. The Kier molecular flexibility index (Phi) is 3.75. The van der Waals surface area contributed by atoms with Crippen molar-refractivity contribution in [1.29, 1.82) is 0 Å². The maximum atomic E-state index is 12.0. The summed E-state index contributed by atoms with van der Waals surface area (Å²) in [5.41, 5.74) is 11.1. The lowest BCUT2D eigenvalue weighted by Gasteiger charge is -2.18. The van der Waals surface area contributed by atoms with E-state index in [4.69, 9.17) is 10.8 Å². The van der Waals surface area contributed by atoms with Gasteiger partial charge in [-0.25, -0.2) is 4.98 Å². The number of fused-ring (bicyclic) bond motifs is 3. The average molecular weight is 351 g/mol. The van der Waals surface area contributed by atoms with Gasteiger partial charge in [0.2, 0.25) is 0 Å². The molecule has 0 fully saturated rings. The van der Waals surface area contributed by atoms with Crippen LogP contribution in [-0.2, 0) is 13.0 Å². The van der Waals surface area contributed by atoms with Crippen LogP contribution in [0.3, 0.4) is 0 Å². The van der Waals surface area contributed by atoms with Crippen LogP contribution in [0.2, 0.25) is 0 Å². The van der Waals surface area contributed by atoms with Crippen LogP contribution in [-0.4, -0.2) is 37.5 Å². The molecule has 1 aliphatic rings. The Hall–Kier alpha value is -3.16. The molecule has 3 N–H and O–H groups in total. The molecule has 4 heterocycles. The number of nitrogens with two attached hydrogens (primary N) is 1. The van der Waals surface area contributed by atoms with E-state index >= 15 is 0 Å². The summed E-state index contributed by atoms with van der Waals surface area (Å²) in [7, 11) is 1.61. The monoisotopic (exact) mass is 351 g/mol. The largest absolute Gasteiger partial charge is 0.384 e. The SMILES string of the molecule is CNC(=O)c1cc2n(n1)CCc1c(-c3ccc(N)nc3)nn(C(C)C)c1-2. The third kappa shape index (κ3) is 2.45. The van der Waals surface area contributed by atoms with Crippen LogP contribution < -0.4 is 11.1 Å². The van der Waals surface area contributed by atoms with Crippen molar-refractivity contribution in [2.45, 2.75) is 32.9 Å². The molecular formula is C18H21N7O. The van der Waals surface area contributed by atoms with Gasteiger partial charge in [-0.05, 0) is 38.5 Å². The lowest BCUT2D eigenvalue weighted by atomic mass is 10.00. The quantitative estimate of drug-likeness (QED) is 0.750. The fraction of sp³-hybridized carbons (Fsp3) is 0.333. The summed E-state index contributed by atoms with van der Waals surface area (Å²) in [4.78, 5) is 16.2. The fourth-order valence-electron chi connectivity index (χ4n) is 3.36. The molecule has 8 heteroatoms. The Morgan fingerprint density at radius 3 is 2.77 bits per heavy atom. The number of carbonyl (C=O) groups excluding carboxylic acids is 1. The normalized spacial score (nSPS) is 12.8. The average Bonchev–Trinajstić information content (AvgIpc) is 3.23. The van der Waals surface area contributed by atoms with E-state index in [9.17, 15) is 4.79 Å². The molecule has 0 saturated heterocycles. The number of hydrogen-bond donors (Lipinski definition) is 2. The van der Waals surface area contributed by atoms with Crippen molar-refractivity contribution in [2.24, 2.45) is 0 Å². The van der Waals surface area contributed by atoms with Crippen molar-refractivity contribution in [3.63, 3.8) is 0 Å². The lowest BCUT2D eigenvalue weighted by Crippen LogP contribution is -2.19. The Morgan fingerprint density at radius 2 is 2.12 bits per heavy atom. The second kappa shape index (κ2) is 5.98. The minimum atomic E-state index is -0.188. The molecule has 3 aromatic rings. The van der Waals surface area contributed by atoms with Gasteiger partial charge in [0.1, 0.15) is 5.82 Å². The molecule has 0 unspecified atom stereocenters. The third-order valence-electron chi connectivity index (χ3n) is 4.61. The topological polar surface area (TPSA) is 104 Å². The highest BCUT2D eigenvalue weighted by Crippen LogP contribution is 2.37. The van der Waals surface area contributed by atoms with Gasteiger partial charge in [0.15, 0.2) is 5.69 Å². The predicted molar refractivity (Wildman–Crippen MR) is 98.6 cm³/mol. The van der Waals surface area contributed by atoms with E-state index in [1.807, 2.05) is 21.5 Å². The van der Waals surface area contributed by atoms with Gasteiger partial charge in [0.25, 0.3) is 5.91 Å². The van der Waals surface area contributed by atoms with E-state index in [0.717, 1.165) is 34.6 Å². The molecule has 0 aromatic carbocycles. The smallest absolute Gasteiger partial charge is 0.271 e. The molecule has 3 aromatic heterocycles.